The summed E-state index contributed by atoms with van der Waals surface area (Å²) < 4.78 is 11.1. The highest BCUT2D eigenvalue weighted by Crippen LogP contribution is 2.21. The van der Waals surface area contributed by atoms with Gasteiger partial charge in [0.2, 0.25) is 5.91 Å². The minimum absolute atomic E-state index is 0.0917. The van der Waals surface area contributed by atoms with Crippen LogP contribution in [0.5, 0.6) is 11.5 Å². The second-order valence-electron chi connectivity index (χ2n) is 8.39. The maximum atomic E-state index is 13.3. The second kappa shape index (κ2) is 11.6. The lowest BCUT2D eigenvalue weighted by atomic mass is 10.1. The smallest absolute Gasteiger partial charge is 0.261 e. The third-order valence-corrected chi connectivity index (χ3v) is 5.96. The van der Waals surface area contributed by atoms with Gasteiger partial charge in [-0.3, -0.25) is 9.59 Å². The van der Waals surface area contributed by atoms with E-state index in [0.29, 0.717) is 24.5 Å². The van der Waals surface area contributed by atoms with Crippen molar-refractivity contribution in [2.45, 2.75) is 64.6 Å². The van der Waals surface area contributed by atoms with Gasteiger partial charge in [-0.15, -0.1) is 0 Å². The zero-order chi connectivity index (χ0) is 22.9. The molecule has 2 aromatic carbocycles. The standard InChI is InChI=1S/C26H34N2O4/c1-4-24(26(30)27-21-9-5-6-10-21)28(17-20-8-7-11-23(16-20)31-3)25(29)18-32-22-14-12-19(2)13-15-22/h7-8,11-16,21,24H,4-6,9-10,17-18H2,1-3H3,(H,27,30)/t24-/m0/s1. The van der Waals surface area contributed by atoms with Crippen LogP contribution in [0.2, 0.25) is 0 Å². The summed E-state index contributed by atoms with van der Waals surface area (Å²) in [5.41, 5.74) is 2.03. The molecular formula is C26H34N2O4. The van der Waals surface area contributed by atoms with Gasteiger partial charge < -0.3 is 19.7 Å². The lowest BCUT2D eigenvalue weighted by molar-refractivity contribution is -0.143. The quantitative estimate of drug-likeness (QED) is 0.602. The summed E-state index contributed by atoms with van der Waals surface area (Å²) >= 11 is 0. The van der Waals surface area contributed by atoms with Gasteiger partial charge in [0.15, 0.2) is 6.61 Å². The molecule has 2 aromatic rings. The van der Waals surface area contributed by atoms with Crippen LogP contribution in [0.15, 0.2) is 48.5 Å². The van der Waals surface area contributed by atoms with Crippen molar-refractivity contribution in [3.63, 3.8) is 0 Å². The van der Waals surface area contributed by atoms with Crippen LogP contribution in [0.4, 0.5) is 0 Å². The van der Waals surface area contributed by atoms with Crippen molar-refractivity contribution in [1.82, 2.24) is 10.2 Å². The van der Waals surface area contributed by atoms with Crippen molar-refractivity contribution in [3.05, 3.63) is 59.7 Å². The van der Waals surface area contributed by atoms with E-state index >= 15 is 0 Å². The first kappa shape index (κ1) is 23.6. The van der Waals surface area contributed by atoms with Crippen LogP contribution >= 0.6 is 0 Å². The van der Waals surface area contributed by atoms with Crippen LogP contribution in [-0.4, -0.2) is 42.5 Å². The number of methoxy groups -OCH3 is 1. The van der Waals surface area contributed by atoms with Gasteiger partial charge in [0, 0.05) is 12.6 Å². The van der Waals surface area contributed by atoms with Crippen LogP contribution in [0, 0.1) is 6.92 Å². The number of amides is 2. The number of benzene rings is 2. The molecule has 0 saturated heterocycles. The van der Waals surface area contributed by atoms with E-state index in [-0.39, 0.29) is 24.5 Å². The van der Waals surface area contributed by atoms with Crippen molar-refractivity contribution in [3.8, 4) is 11.5 Å². The van der Waals surface area contributed by atoms with Crippen molar-refractivity contribution < 1.29 is 19.1 Å². The number of aryl methyl sites for hydroxylation is 1. The Morgan fingerprint density at radius 3 is 2.47 bits per heavy atom. The third kappa shape index (κ3) is 6.49. The molecule has 32 heavy (non-hydrogen) atoms. The van der Waals surface area contributed by atoms with Crippen LogP contribution < -0.4 is 14.8 Å². The summed E-state index contributed by atoms with van der Waals surface area (Å²) in [4.78, 5) is 28.0. The molecule has 0 heterocycles. The predicted octanol–water partition coefficient (Wildman–Crippen LogP) is 4.25. The van der Waals surface area contributed by atoms with Gasteiger partial charge >= 0.3 is 0 Å². The largest absolute Gasteiger partial charge is 0.497 e. The number of hydrogen-bond donors (Lipinski definition) is 1. The molecule has 0 unspecified atom stereocenters. The number of hydrogen-bond acceptors (Lipinski definition) is 4. The summed E-state index contributed by atoms with van der Waals surface area (Å²) in [6.07, 6.45) is 4.81. The Labute approximate surface area is 190 Å². The first-order valence-corrected chi connectivity index (χ1v) is 11.4. The van der Waals surface area contributed by atoms with Gasteiger partial charge in [-0.05, 0) is 56.0 Å². The molecule has 3 rings (SSSR count). The van der Waals surface area contributed by atoms with Gasteiger partial charge in [0.25, 0.3) is 5.91 Å². The molecule has 1 aliphatic rings. The van der Waals surface area contributed by atoms with Crippen molar-refractivity contribution in [2.75, 3.05) is 13.7 Å². The molecule has 0 bridgehead atoms. The maximum Gasteiger partial charge on any atom is 0.261 e. The lowest BCUT2D eigenvalue weighted by Gasteiger charge is -2.31. The molecule has 1 N–H and O–H groups in total. The van der Waals surface area contributed by atoms with E-state index in [1.54, 1.807) is 12.0 Å². The molecule has 2 amide bonds. The number of carbonyl (C=O) groups excluding carboxylic acids is 2. The maximum absolute atomic E-state index is 13.3. The summed E-state index contributed by atoms with van der Waals surface area (Å²) in [5, 5.41) is 3.16. The molecule has 1 aliphatic carbocycles. The van der Waals surface area contributed by atoms with Crippen molar-refractivity contribution in [1.29, 1.82) is 0 Å². The van der Waals surface area contributed by atoms with E-state index in [1.165, 1.54) is 0 Å². The van der Waals surface area contributed by atoms with E-state index in [0.717, 1.165) is 36.8 Å². The number of nitrogens with one attached hydrogen (secondary N) is 1. The van der Waals surface area contributed by atoms with Gasteiger partial charge in [-0.2, -0.15) is 0 Å². The molecule has 6 nitrogen and oxygen atoms in total. The molecule has 1 atom stereocenters. The van der Waals surface area contributed by atoms with Crippen molar-refractivity contribution >= 4 is 11.8 Å². The minimum atomic E-state index is -0.559. The molecule has 6 heteroatoms. The molecule has 0 spiro atoms. The van der Waals surface area contributed by atoms with Crippen LogP contribution in [-0.2, 0) is 16.1 Å². The van der Waals surface area contributed by atoms with Gasteiger partial charge in [-0.25, -0.2) is 0 Å². The van der Waals surface area contributed by atoms with Gasteiger partial charge in [0.05, 0.1) is 7.11 Å². The van der Waals surface area contributed by atoms with Crippen LogP contribution in [0.1, 0.15) is 50.2 Å². The van der Waals surface area contributed by atoms with E-state index in [2.05, 4.69) is 5.32 Å². The molecule has 0 aromatic heterocycles. The Morgan fingerprint density at radius 1 is 1.09 bits per heavy atom. The van der Waals surface area contributed by atoms with Gasteiger partial charge in [0.1, 0.15) is 17.5 Å². The Balaban J connectivity index is 1.76. The highest BCUT2D eigenvalue weighted by Gasteiger charge is 2.30. The van der Waals surface area contributed by atoms with Crippen LogP contribution in [0.3, 0.4) is 0 Å². The summed E-state index contributed by atoms with van der Waals surface area (Å²) in [6, 6.07) is 14.8. The highest BCUT2D eigenvalue weighted by atomic mass is 16.5. The molecule has 0 radical (unpaired) electrons. The SMILES string of the molecule is CC[C@@H](C(=O)NC1CCCC1)N(Cc1cccc(OC)c1)C(=O)COc1ccc(C)cc1. The number of ether oxygens (including phenoxy) is 2. The van der Waals surface area contributed by atoms with Crippen molar-refractivity contribution in [2.24, 2.45) is 0 Å². The number of rotatable bonds is 10. The summed E-state index contributed by atoms with van der Waals surface area (Å²) in [7, 11) is 1.61. The minimum Gasteiger partial charge on any atom is -0.497 e. The molecule has 1 fully saturated rings. The fourth-order valence-corrected chi connectivity index (χ4v) is 4.12. The Bertz CT molecular complexity index is 891. The summed E-state index contributed by atoms with van der Waals surface area (Å²) in [6.45, 7) is 4.12. The Hall–Kier alpha value is -3.02. The summed E-state index contributed by atoms with van der Waals surface area (Å²) in [5.74, 6) is 1.04. The zero-order valence-corrected chi connectivity index (χ0v) is 19.3. The third-order valence-electron chi connectivity index (χ3n) is 5.96. The zero-order valence-electron chi connectivity index (χ0n) is 19.3. The van der Waals surface area contributed by atoms with E-state index in [9.17, 15) is 9.59 Å². The molecule has 0 aliphatic heterocycles. The fraction of sp³-hybridized carbons (Fsp3) is 0.462. The normalized spacial score (nSPS) is 14.6. The Kier molecular flexibility index (Phi) is 8.54. The Morgan fingerprint density at radius 2 is 1.81 bits per heavy atom. The first-order valence-electron chi connectivity index (χ1n) is 11.4. The van der Waals surface area contributed by atoms with E-state index in [1.807, 2.05) is 62.4 Å². The lowest BCUT2D eigenvalue weighted by Crippen LogP contribution is -2.52. The predicted molar refractivity (Wildman–Crippen MR) is 125 cm³/mol. The average molecular weight is 439 g/mol. The second-order valence-corrected chi connectivity index (χ2v) is 8.39. The fourth-order valence-electron chi connectivity index (χ4n) is 4.12. The van der Waals surface area contributed by atoms with Gasteiger partial charge in [-0.1, -0.05) is 49.6 Å². The number of nitrogens with zero attached hydrogens (tertiary/aromatic N) is 1. The highest BCUT2D eigenvalue weighted by molar-refractivity contribution is 5.88. The molecular weight excluding hydrogens is 404 g/mol. The topological polar surface area (TPSA) is 67.9 Å². The van der Waals surface area contributed by atoms with E-state index in [4.69, 9.17) is 9.47 Å². The molecule has 1 saturated carbocycles. The van der Waals surface area contributed by atoms with E-state index < -0.39 is 6.04 Å². The molecule has 172 valence electrons. The van der Waals surface area contributed by atoms with Crippen LogP contribution in [0.25, 0.3) is 0 Å². The number of carbonyl (C=O) groups is 2. The monoisotopic (exact) mass is 438 g/mol. The average Bonchev–Trinajstić information content (AvgIpc) is 3.31. The first-order chi connectivity index (χ1) is 15.5.